The van der Waals surface area contributed by atoms with E-state index >= 15 is 0 Å². The summed E-state index contributed by atoms with van der Waals surface area (Å²) in [6.45, 7) is 2.77. The highest BCUT2D eigenvalue weighted by Crippen LogP contribution is 2.49. The van der Waals surface area contributed by atoms with Gasteiger partial charge >= 0.3 is 27.6 Å². The van der Waals surface area contributed by atoms with Crippen LogP contribution in [0.4, 0.5) is 0 Å². The molecular weight excluding hydrogens is 922 g/mol. The standard InChI is InChI=1S/C49H82O17P2/c1-3-5-7-9-11-12-13-14-15-16-17-18-19-20-21-22-24-28-33-37-43(52)64-41(38-62-42(51)36-32-29-25-27-31-35-40(50)34-30-26-23-10-8-6-4-2)39-63-68(60,61)66-49-46(55)44(53)45(54)48(47(49)56)65-67(57,58)59/h5-8,11-12,14-15,17-18,23,26,30,34,40-41,44-50,53-56H,3-4,9-10,13,16,19-22,24-25,27-29,31-33,35-39H2,1-2H3,(H,60,61)(H2,57,58,59)/b7-5-,8-6+,12-11-,15-14-,18-17-,26-23+,34-30+/t40?,41-,44?,45?,46?,47?,48-,49+/m1/s1. The van der Waals surface area contributed by atoms with Crippen LogP contribution in [0.3, 0.4) is 0 Å². The van der Waals surface area contributed by atoms with Gasteiger partial charge in [0.05, 0.1) is 12.7 Å². The Balaban J connectivity index is 2.62. The number of unbranched alkanes of at least 4 members (excludes halogenated alkanes) is 10. The maximum atomic E-state index is 13.0. The number of aliphatic hydroxyl groups excluding tert-OH is 5. The van der Waals surface area contributed by atoms with Crippen molar-refractivity contribution in [2.75, 3.05) is 13.2 Å². The number of hydrogen-bond donors (Lipinski definition) is 8. The molecule has 1 fully saturated rings. The van der Waals surface area contributed by atoms with Crippen molar-refractivity contribution in [3.05, 3.63) is 85.1 Å². The van der Waals surface area contributed by atoms with Gasteiger partial charge in [-0.1, -0.05) is 150 Å². The molecule has 19 heteroatoms. The first-order valence-corrected chi connectivity index (χ1v) is 27.3. The first kappa shape index (κ1) is 63.2. The minimum atomic E-state index is -5.38. The summed E-state index contributed by atoms with van der Waals surface area (Å²) in [6.07, 6.45) is 29.7. The smallest absolute Gasteiger partial charge is 0.462 e. The molecular formula is C49H82O17P2. The van der Waals surface area contributed by atoms with Gasteiger partial charge in [0, 0.05) is 12.8 Å². The zero-order valence-electron chi connectivity index (χ0n) is 40.1. The number of phosphoric acid groups is 2. The summed E-state index contributed by atoms with van der Waals surface area (Å²) in [4.78, 5) is 54.3. The Labute approximate surface area is 404 Å². The molecule has 1 aliphatic rings. The third-order valence-corrected chi connectivity index (χ3v) is 12.1. The lowest BCUT2D eigenvalue weighted by molar-refractivity contribution is -0.216. The largest absolute Gasteiger partial charge is 0.472 e. The van der Waals surface area contributed by atoms with Gasteiger partial charge in [-0.05, 0) is 70.6 Å². The molecule has 1 rings (SSSR count). The fraction of sp³-hybridized carbons (Fsp3) is 0.673. The van der Waals surface area contributed by atoms with E-state index in [1.807, 2.05) is 18.2 Å². The minimum absolute atomic E-state index is 0.00260. The van der Waals surface area contributed by atoms with Crippen LogP contribution < -0.4 is 0 Å². The summed E-state index contributed by atoms with van der Waals surface area (Å²) in [7, 11) is -10.7. The number of carbonyl (C=O) groups is 2. The van der Waals surface area contributed by atoms with Crippen LogP contribution in [0.25, 0.3) is 0 Å². The minimum Gasteiger partial charge on any atom is -0.462 e. The second-order valence-electron chi connectivity index (χ2n) is 16.6. The molecule has 0 heterocycles. The van der Waals surface area contributed by atoms with Crippen molar-refractivity contribution < 1.29 is 82.0 Å². The molecule has 0 aromatic rings. The maximum absolute atomic E-state index is 13.0. The van der Waals surface area contributed by atoms with Crippen molar-refractivity contribution in [2.45, 2.75) is 198 Å². The van der Waals surface area contributed by atoms with Gasteiger partial charge in [-0.25, -0.2) is 9.13 Å². The highest BCUT2D eigenvalue weighted by Gasteiger charge is 2.54. The third-order valence-electron chi connectivity index (χ3n) is 10.6. The number of hydrogen-bond acceptors (Lipinski definition) is 14. The molecule has 17 nitrogen and oxygen atoms in total. The van der Waals surface area contributed by atoms with Crippen molar-refractivity contribution in [3.63, 3.8) is 0 Å². The van der Waals surface area contributed by atoms with Gasteiger partial charge in [0.2, 0.25) is 0 Å². The maximum Gasteiger partial charge on any atom is 0.472 e. The zero-order valence-corrected chi connectivity index (χ0v) is 41.9. The Kier molecular flexibility index (Phi) is 36.1. The van der Waals surface area contributed by atoms with E-state index in [1.165, 1.54) is 0 Å². The Hall–Kier alpha value is -2.86. The van der Waals surface area contributed by atoms with Crippen LogP contribution in [0.5, 0.6) is 0 Å². The van der Waals surface area contributed by atoms with Crippen molar-refractivity contribution in [2.24, 2.45) is 0 Å². The zero-order chi connectivity index (χ0) is 50.5. The normalized spacial score (nSPS) is 22.4. The Morgan fingerprint density at radius 1 is 0.544 bits per heavy atom. The van der Waals surface area contributed by atoms with E-state index in [-0.39, 0.29) is 12.8 Å². The first-order chi connectivity index (χ1) is 32.5. The van der Waals surface area contributed by atoms with Gasteiger partial charge in [-0.3, -0.25) is 23.2 Å². The highest BCUT2D eigenvalue weighted by atomic mass is 31.2. The number of rotatable bonds is 39. The van der Waals surface area contributed by atoms with Crippen LogP contribution in [0.1, 0.15) is 149 Å². The van der Waals surface area contributed by atoms with E-state index in [9.17, 15) is 58.9 Å². The summed E-state index contributed by atoms with van der Waals surface area (Å²) < 4.78 is 49.3. The number of carbonyl (C=O) groups excluding carboxylic acids is 2. The Morgan fingerprint density at radius 3 is 1.60 bits per heavy atom. The quantitative estimate of drug-likeness (QED) is 0.00944. The molecule has 0 amide bonds. The predicted molar refractivity (Wildman–Crippen MR) is 261 cm³/mol. The van der Waals surface area contributed by atoms with Crippen LogP contribution in [0.15, 0.2) is 85.1 Å². The van der Waals surface area contributed by atoms with E-state index < -0.39 is 89.6 Å². The van der Waals surface area contributed by atoms with Gasteiger partial charge in [0.25, 0.3) is 0 Å². The average Bonchev–Trinajstić information content (AvgIpc) is 3.29. The number of aliphatic hydroxyl groups is 5. The van der Waals surface area contributed by atoms with E-state index in [2.05, 4.69) is 79.1 Å². The van der Waals surface area contributed by atoms with Crippen molar-refractivity contribution in [1.82, 2.24) is 0 Å². The highest BCUT2D eigenvalue weighted by molar-refractivity contribution is 7.47. The SMILES string of the molecule is CC/C=C\C/C=C\C/C=C\C/C=C\CCCCCCCCC(=O)O[C@H](COC(=O)CCCCCCCC(O)/C=C/C=C/C/C=C/CC)COP(=O)(O)O[C@H]1C(O)C(O)C(O)[C@@H](OP(=O)(O)O)C1O. The van der Waals surface area contributed by atoms with Crippen LogP contribution >= 0.6 is 15.6 Å². The second kappa shape index (κ2) is 38.8. The lowest BCUT2D eigenvalue weighted by atomic mass is 9.85. The summed E-state index contributed by atoms with van der Waals surface area (Å²) >= 11 is 0. The molecule has 1 aliphatic carbocycles. The number of ether oxygens (including phenoxy) is 2. The van der Waals surface area contributed by atoms with Crippen molar-refractivity contribution >= 4 is 27.6 Å². The molecule has 8 N–H and O–H groups in total. The van der Waals surface area contributed by atoms with Crippen LogP contribution in [0, 0.1) is 0 Å². The fourth-order valence-electron chi connectivity index (χ4n) is 6.85. The Morgan fingerprint density at radius 2 is 1.03 bits per heavy atom. The predicted octanol–water partition coefficient (Wildman–Crippen LogP) is 8.36. The van der Waals surface area contributed by atoms with Gasteiger partial charge in [0.1, 0.15) is 43.2 Å². The molecule has 1 saturated carbocycles. The molecule has 0 radical (unpaired) electrons. The van der Waals surface area contributed by atoms with Crippen LogP contribution in [-0.2, 0) is 41.8 Å². The molecule has 0 aromatic heterocycles. The number of esters is 2. The number of phosphoric ester groups is 2. The van der Waals surface area contributed by atoms with Gasteiger partial charge in [-0.2, -0.15) is 0 Å². The summed E-state index contributed by atoms with van der Waals surface area (Å²) in [5, 5.41) is 51.4. The van der Waals surface area contributed by atoms with Crippen LogP contribution in [0.2, 0.25) is 0 Å². The molecule has 390 valence electrons. The molecule has 0 aromatic carbocycles. The average molecular weight is 1010 g/mol. The van der Waals surface area contributed by atoms with Crippen LogP contribution in [-0.4, -0.2) is 114 Å². The second-order valence-corrected chi connectivity index (χ2v) is 19.2. The van der Waals surface area contributed by atoms with Gasteiger partial charge in [-0.15, -0.1) is 0 Å². The monoisotopic (exact) mass is 1000 g/mol. The number of allylic oxidation sites excluding steroid dienone is 13. The Bertz CT molecular complexity index is 1650. The lowest BCUT2D eigenvalue weighted by Crippen LogP contribution is -2.64. The summed E-state index contributed by atoms with van der Waals surface area (Å²) in [5.41, 5.74) is 0. The molecule has 6 unspecified atom stereocenters. The summed E-state index contributed by atoms with van der Waals surface area (Å²) in [6, 6.07) is 0. The topological polar surface area (TPSA) is 276 Å². The third kappa shape index (κ3) is 32.9. The lowest BCUT2D eigenvalue weighted by Gasteiger charge is -2.43. The van der Waals surface area contributed by atoms with E-state index in [0.717, 1.165) is 103 Å². The fourth-order valence-corrected chi connectivity index (χ4v) is 8.39. The van der Waals surface area contributed by atoms with Gasteiger partial charge in [0.15, 0.2) is 6.10 Å². The van der Waals surface area contributed by atoms with Crippen molar-refractivity contribution in [3.8, 4) is 0 Å². The molecule has 0 bridgehead atoms. The van der Waals surface area contributed by atoms with E-state index in [0.29, 0.717) is 19.3 Å². The van der Waals surface area contributed by atoms with E-state index in [1.54, 1.807) is 6.08 Å². The molecule has 9 atom stereocenters. The van der Waals surface area contributed by atoms with E-state index in [4.69, 9.17) is 18.5 Å². The first-order valence-electron chi connectivity index (χ1n) is 24.2. The van der Waals surface area contributed by atoms with Crippen molar-refractivity contribution in [1.29, 1.82) is 0 Å². The molecule has 0 saturated heterocycles. The molecule has 0 aliphatic heterocycles. The summed E-state index contributed by atoms with van der Waals surface area (Å²) in [5.74, 6) is -1.31. The molecule has 68 heavy (non-hydrogen) atoms. The molecule has 0 spiro atoms. The van der Waals surface area contributed by atoms with Gasteiger partial charge < -0.3 is 49.7 Å².